The first-order chi connectivity index (χ1) is 7.65. The van der Waals surface area contributed by atoms with Gasteiger partial charge in [0.2, 0.25) is 0 Å². The van der Waals surface area contributed by atoms with Gasteiger partial charge in [0, 0.05) is 0 Å². The van der Waals surface area contributed by atoms with E-state index in [2.05, 4.69) is 0 Å². The lowest BCUT2D eigenvalue weighted by Gasteiger charge is -2.11. The summed E-state index contributed by atoms with van der Waals surface area (Å²) in [6, 6.07) is 9.46. The number of fused-ring (bicyclic) bond motifs is 1. The highest BCUT2D eigenvalue weighted by molar-refractivity contribution is 6.04. The zero-order valence-corrected chi connectivity index (χ0v) is 9.45. The van der Waals surface area contributed by atoms with Crippen LogP contribution in [0, 0.1) is 0 Å². The van der Waals surface area contributed by atoms with Crippen molar-refractivity contribution in [1.82, 2.24) is 0 Å². The van der Waals surface area contributed by atoms with Gasteiger partial charge in [-0.25, -0.2) is 0 Å². The third-order valence-electron chi connectivity index (χ3n) is 2.84. The molecule has 0 atom stereocenters. The normalized spacial score (nSPS) is 10.6. The molecule has 0 unspecified atom stereocenters. The van der Waals surface area contributed by atoms with Crippen molar-refractivity contribution in [3.8, 4) is 5.75 Å². The second-order valence-electron chi connectivity index (χ2n) is 3.88. The van der Waals surface area contributed by atoms with Crippen molar-refractivity contribution < 1.29 is 9.90 Å². The molecule has 2 nitrogen and oxygen atoms in total. The molecule has 2 aromatic rings. The smallest absolute Gasteiger partial charge is 0.163 e. The highest BCUT2D eigenvalue weighted by atomic mass is 16.3. The second kappa shape index (κ2) is 3.97. The van der Waals surface area contributed by atoms with Crippen LogP contribution in [0.4, 0.5) is 0 Å². The molecule has 1 N–H and O–H groups in total. The molecule has 0 aromatic heterocycles. The molecule has 0 aliphatic carbocycles. The zero-order valence-electron chi connectivity index (χ0n) is 9.45. The first-order valence-corrected chi connectivity index (χ1v) is 5.39. The van der Waals surface area contributed by atoms with Crippen LogP contribution in [0.5, 0.6) is 5.75 Å². The number of phenolic OH excluding ortho intramolecular Hbond substituents is 1. The predicted octanol–water partition coefficient (Wildman–Crippen LogP) is 3.31. The van der Waals surface area contributed by atoms with E-state index in [-0.39, 0.29) is 11.5 Å². The topological polar surface area (TPSA) is 37.3 Å². The number of hydrogen-bond acceptors (Lipinski definition) is 2. The number of benzene rings is 2. The number of aryl methyl sites for hydroxylation is 1. The Kier molecular flexibility index (Phi) is 2.65. The maximum Gasteiger partial charge on any atom is 0.163 e. The van der Waals surface area contributed by atoms with Crippen LogP contribution in [-0.2, 0) is 6.42 Å². The van der Waals surface area contributed by atoms with Crippen molar-refractivity contribution in [1.29, 1.82) is 0 Å². The average molecular weight is 214 g/mol. The monoisotopic (exact) mass is 214 g/mol. The van der Waals surface area contributed by atoms with Gasteiger partial charge in [-0.2, -0.15) is 0 Å². The summed E-state index contributed by atoms with van der Waals surface area (Å²) in [5.41, 5.74) is 1.39. The summed E-state index contributed by atoms with van der Waals surface area (Å²) in [6.45, 7) is 3.48. The van der Waals surface area contributed by atoms with Crippen molar-refractivity contribution >= 4 is 16.6 Å². The quantitative estimate of drug-likeness (QED) is 0.779. The summed E-state index contributed by atoms with van der Waals surface area (Å²) in [4.78, 5) is 11.5. The van der Waals surface area contributed by atoms with Gasteiger partial charge in [0.15, 0.2) is 5.78 Å². The molecular weight excluding hydrogens is 200 g/mol. The maximum atomic E-state index is 11.5. The minimum atomic E-state index is -0.0832. The number of carbonyl (C=O) groups is 1. The lowest BCUT2D eigenvalue weighted by molar-refractivity contribution is 0.101. The fourth-order valence-electron chi connectivity index (χ4n) is 2.17. The molecule has 0 radical (unpaired) electrons. The lowest BCUT2D eigenvalue weighted by atomic mass is 9.94. The molecule has 2 aromatic carbocycles. The van der Waals surface area contributed by atoms with Crippen molar-refractivity contribution in [2.75, 3.05) is 0 Å². The lowest BCUT2D eigenvalue weighted by Crippen LogP contribution is -2.00. The molecular formula is C14H14O2. The predicted molar refractivity (Wildman–Crippen MR) is 65.0 cm³/mol. The highest BCUT2D eigenvalue weighted by Gasteiger charge is 2.14. The van der Waals surface area contributed by atoms with Crippen LogP contribution in [0.3, 0.4) is 0 Å². The van der Waals surface area contributed by atoms with E-state index in [4.69, 9.17) is 0 Å². The molecule has 2 heteroatoms. The molecule has 82 valence electrons. The third-order valence-corrected chi connectivity index (χ3v) is 2.84. The van der Waals surface area contributed by atoms with E-state index < -0.39 is 0 Å². The van der Waals surface area contributed by atoms with Crippen molar-refractivity contribution in [2.45, 2.75) is 20.3 Å². The van der Waals surface area contributed by atoms with Gasteiger partial charge in [-0.1, -0.05) is 31.2 Å². The van der Waals surface area contributed by atoms with E-state index >= 15 is 0 Å². The largest absolute Gasteiger partial charge is 0.507 e. The Labute approximate surface area is 94.5 Å². The molecule has 0 saturated heterocycles. The number of Topliss-reactive ketones (excluding diaryl/α,β-unsaturated/α-hetero) is 1. The van der Waals surface area contributed by atoms with E-state index in [9.17, 15) is 9.90 Å². The van der Waals surface area contributed by atoms with Crippen LogP contribution in [0.1, 0.15) is 29.8 Å². The van der Waals surface area contributed by atoms with E-state index in [1.807, 2.05) is 31.2 Å². The van der Waals surface area contributed by atoms with E-state index in [1.165, 1.54) is 6.92 Å². The van der Waals surface area contributed by atoms with Crippen LogP contribution in [0.2, 0.25) is 0 Å². The van der Waals surface area contributed by atoms with Gasteiger partial charge in [-0.05, 0) is 35.7 Å². The summed E-state index contributed by atoms with van der Waals surface area (Å²) in [6.07, 6.45) is 0.740. The second-order valence-corrected chi connectivity index (χ2v) is 3.88. The Morgan fingerprint density at radius 1 is 1.31 bits per heavy atom. The van der Waals surface area contributed by atoms with Gasteiger partial charge in [0.25, 0.3) is 0 Å². The van der Waals surface area contributed by atoms with Gasteiger partial charge in [0.1, 0.15) is 5.75 Å². The number of rotatable bonds is 2. The molecule has 0 saturated carbocycles. The Hall–Kier alpha value is -1.83. The van der Waals surface area contributed by atoms with Gasteiger partial charge in [0.05, 0.1) is 5.56 Å². The first-order valence-electron chi connectivity index (χ1n) is 5.39. The van der Waals surface area contributed by atoms with Crippen LogP contribution in [0.15, 0.2) is 30.3 Å². The molecule has 0 aliphatic rings. The van der Waals surface area contributed by atoms with E-state index in [0.717, 1.165) is 22.8 Å². The van der Waals surface area contributed by atoms with Gasteiger partial charge >= 0.3 is 0 Å². The number of carbonyl (C=O) groups excluding carboxylic acids is 1. The Bertz CT molecular complexity index is 556. The van der Waals surface area contributed by atoms with Gasteiger partial charge < -0.3 is 5.11 Å². The van der Waals surface area contributed by atoms with Crippen molar-refractivity contribution in [2.24, 2.45) is 0 Å². The summed E-state index contributed by atoms with van der Waals surface area (Å²) in [5, 5.41) is 11.9. The molecule has 0 fully saturated rings. The Balaban J connectivity index is 2.90. The summed E-state index contributed by atoms with van der Waals surface area (Å²) in [7, 11) is 0. The molecule has 16 heavy (non-hydrogen) atoms. The number of ketones is 1. The Morgan fingerprint density at radius 2 is 2.00 bits per heavy atom. The Morgan fingerprint density at radius 3 is 2.62 bits per heavy atom. The fraction of sp³-hybridized carbons (Fsp3) is 0.214. The number of phenols is 1. The molecule has 0 heterocycles. The van der Waals surface area contributed by atoms with E-state index in [0.29, 0.717) is 5.56 Å². The zero-order chi connectivity index (χ0) is 11.7. The van der Waals surface area contributed by atoms with Crippen LogP contribution < -0.4 is 0 Å². The minimum absolute atomic E-state index is 0.0832. The van der Waals surface area contributed by atoms with Crippen LogP contribution in [0.25, 0.3) is 10.8 Å². The van der Waals surface area contributed by atoms with Crippen LogP contribution in [-0.4, -0.2) is 10.9 Å². The van der Waals surface area contributed by atoms with Gasteiger partial charge in [-0.15, -0.1) is 0 Å². The van der Waals surface area contributed by atoms with Crippen molar-refractivity contribution in [3.63, 3.8) is 0 Å². The third kappa shape index (κ3) is 1.56. The molecule has 0 aliphatic heterocycles. The number of hydrogen-bond donors (Lipinski definition) is 1. The average Bonchev–Trinajstić information content (AvgIpc) is 2.26. The molecule has 2 rings (SSSR count). The maximum absolute atomic E-state index is 11.5. The minimum Gasteiger partial charge on any atom is -0.507 e. The highest BCUT2D eigenvalue weighted by Crippen LogP contribution is 2.30. The molecule has 0 bridgehead atoms. The fourth-order valence-corrected chi connectivity index (χ4v) is 2.17. The summed E-state index contributed by atoms with van der Waals surface area (Å²) in [5.74, 6) is 0.00292. The van der Waals surface area contributed by atoms with Crippen LogP contribution >= 0.6 is 0 Å². The number of aromatic hydroxyl groups is 1. The summed E-state index contributed by atoms with van der Waals surface area (Å²) >= 11 is 0. The molecule has 0 amide bonds. The van der Waals surface area contributed by atoms with Gasteiger partial charge in [-0.3, -0.25) is 4.79 Å². The van der Waals surface area contributed by atoms with Crippen molar-refractivity contribution in [3.05, 3.63) is 41.5 Å². The molecule has 0 spiro atoms. The summed E-state index contributed by atoms with van der Waals surface area (Å²) < 4.78 is 0. The van der Waals surface area contributed by atoms with E-state index in [1.54, 1.807) is 6.07 Å². The SMILES string of the molecule is CCc1c(C(C)=O)c(O)cc2ccccc12. The first kappa shape index (κ1) is 10.7. The standard InChI is InChI=1S/C14H14O2/c1-3-11-12-7-5-4-6-10(12)8-13(16)14(11)9(2)15/h4-8,16H,3H2,1-2H3.